The Morgan fingerprint density at radius 2 is 1.79 bits per heavy atom. The van der Waals surface area contributed by atoms with Crippen molar-refractivity contribution in [1.82, 2.24) is 25.1 Å². The molecule has 2 N–H and O–H groups in total. The van der Waals surface area contributed by atoms with Crippen LogP contribution in [-0.4, -0.2) is 33.6 Å². The molecule has 0 amide bonds. The highest BCUT2D eigenvalue weighted by Gasteiger charge is 2.26. The zero-order valence-electron chi connectivity index (χ0n) is 17.6. The molecule has 0 bridgehead atoms. The SMILES string of the molecule is Cc1ncccc1S(=O)(=O)Cc1ccc(F)c(-c2ccc3c(-c4ncc[nH]4)[nH]nc3c2F)c1F. The van der Waals surface area contributed by atoms with Crippen LogP contribution >= 0.6 is 0 Å². The lowest BCUT2D eigenvalue weighted by Gasteiger charge is -2.12. The van der Waals surface area contributed by atoms with Gasteiger partial charge in [0.2, 0.25) is 0 Å². The van der Waals surface area contributed by atoms with Crippen LogP contribution in [0.25, 0.3) is 33.5 Å². The largest absolute Gasteiger partial charge is 0.343 e. The minimum absolute atomic E-state index is 0.0603. The number of rotatable bonds is 5. The molecule has 3 heterocycles. The fourth-order valence-electron chi connectivity index (χ4n) is 3.86. The Hall–Kier alpha value is -3.99. The number of aryl methyl sites for hydroxylation is 1. The number of nitrogens with zero attached hydrogens (tertiary/aromatic N) is 3. The molecule has 0 spiro atoms. The fourth-order valence-corrected chi connectivity index (χ4v) is 5.43. The molecule has 0 unspecified atom stereocenters. The number of H-pyrrole nitrogens is 2. The van der Waals surface area contributed by atoms with Crippen molar-refractivity contribution in [3.8, 4) is 22.6 Å². The van der Waals surface area contributed by atoms with Crippen LogP contribution in [0.1, 0.15) is 11.3 Å². The molecule has 0 radical (unpaired) electrons. The highest BCUT2D eigenvalue weighted by molar-refractivity contribution is 7.90. The normalized spacial score (nSPS) is 11.9. The molecule has 0 saturated heterocycles. The van der Waals surface area contributed by atoms with E-state index in [2.05, 4.69) is 25.1 Å². The first-order chi connectivity index (χ1) is 16.3. The van der Waals surface area contributed by atoms with E-state index in [1.807, 2.05) is 0 Å². The first-order valence-corrected chi connectivity index (χ1v) is 11.7. The highest BCUT2D eigenvalue weighted by Crippen LogP contribution is 2.36. The van der Waals surface area contributed by atoms with Gasteiger partial charge in [-0.25, -0.2) is 26.6 Å². The zero-order chi connectivity index (χ0) is 24.0. The van der Waals surface area contributed by atoms with Crippen molar-refractivity contribution < 1.29 is 21.6 Å². The molecule has 3 aromatic heterocycles. The van der Waals surface area contributed by atoms with E-state index in [1.165, 1.54) is 43.6 Å². The summed E-state index contributed by atoms with van der Waals surface area (Å²) >= 11 is 0. The van der Waals surface area contributed by atoms with Gasteiger partial charge in [0.25, 0.3) is 0 Å². The molecule has 0 atom stereocenters. The van der Waals surface area contributed by atoms with Gasteiger partial charge >= 0.3 is 0 Å². The third-order valence-electron chi connectivity index (χ3n) is 5.48. The van der Waals surface area contributed by atoms with Crippen LogP contribution in [-0.2, 0) is 15.6 Å². The molecule has 172 valence electrons. The molecule has 5 rings (SSSR count). The number of aromatic amines is 2. The van der Waals surface area contributed by atoms with Gasteiger partial charge < -0.3 is 4.98 Å². The lowest BCUT2D eigenvalue weighted by atomic mass is 9.99. The molecule has 5 aromatic rings. The highest BCUT2D eigenvalue weighted by atomic mass is 32.2. The minimum Gasteiger partial charge on any atom is -0.343 e. The number of pyridine rings is 1. The Labute approximate surface area is 191 Å². The summed E-state index contributed by atoms with van der Waals surface area (Å²) < 4.78 is 71.3. The summed E-state index contributed by atoms with van der Waals surface area (Å²) in [4.78, 5) is 10.9. The molecule has 0 aliphatic heterocycles. The van der Waals surface area contributed by atoms with Gasteiger partial charge in [0.05, 0.1) is 21.9 Å². The molecule has 2 aromatic carbocycles. The number of benzene rings is 2. The minimum atomic E-state index is -3.99. The summed E-state index contributed by atoms with van der Waals surface area (Å²) in [6.07, 6.45) is 4.55. The average Bonchev–Trinajstić information content (AvgIpc) is 3.47. The van der Waals surface area contributed by atoms with E-state index in [0.29, 0.717) is 16.9 Å². The quantitative estimate of drug-likeness (QED) is 0.377. The van der Waals surface area contributed by atoms with Gasteiger partial charge in [-0.3, -0.25) is 10.1 Å². The van der Waals surface area contributed by atoms with Gasteiger partial charge in [-0.05, 0) is 31.2 Å². The molecular formula is C23H16F3N5O2S. The zero-order valence-corrected chi connectivity index (χ0v) is 18.4. The number of aromatic nitrogens is 5. The predicted molar refractivity (Wildman–Crippen MR) is 119 cm³/mol. The number of fused-ring (bicyclic) bond motifs is 1. The Morgan fingerprint density at radius 3 is 2.53 bits per heavy atom. The number of nitrogens with one attached hydrogen (secondary N) is 2. The van der Waals surface area contributed by atoms with Crippen molar-refractivity contribution >= 4 is 20.7 Å². The van der Waals surface area contributed by atoms with Gasteiger partial charge in [-0.15, -0.1) is 0 Å². The van der Waals surface area contributed by atoms with Crippen LogP contribution in [0.5, 0.6) is 0 Å². The van der Waals surface area contributed by atoms with Gasteiger partial charge in [0.1, 0.15) is 22.8 Å². The lowest BCUT2D eigenvalue weighted by Crippen LogP contribution is -2.10. The van der Waals surface area contributed by atoms with Crippen LogP contribution in [0.15, 0.2) is 59.9 Å². The standard InChI is InChI=1S/C23H16F3N5O2S/c1-12-17(3-2-8-27-12)34(32,33)11-13-4-7-16(24)18(19(13)25)14-5-6-15-21(20(14)26)30-31-22(15)23-28-9-10-29-23/h2-10H,11H2,1H3,(H,28,29)(H,30,31). The van der Waals surface area contributed by atoms with E-state index in [9.17, 15) is 12.8 Å². The fraction of sp³-hybridized carbons (Fsp3) is 0.0870. The first-order valence-electron chi connectivity index (χ1n) is 10.1. The summed E-state index contributed by atoms with van der Waals surface area (Å²) in [6.45, 7) is 1.52. The summed E-state index contributed by atoms with van der Waals surface area (Å²) in [7, 11) is -3.99. The van der Waals surface area contributed by atoms with Gasteiger partial charge in [-0.2, -0.15) is 5.10 Å². The van der Waals surface area contributed by atoms with E-state index in [4.69, 9.17) is 0 Å². The van der Waals surface area contributed by atoms with E-state index >= 15 is 8.78 Å². The van der Waals surface area contributed by atoms with Crippen molar-refractivity contribution in [2.24, 2.45) is 0 Å². The van der Waals surface area contributed by atoms with Crippen LogP contribution in [0, 0.1) is 24.4 Å². The van der Waals surface area contributed by atoms with Gasteiger partial charge in [0, 0.05) is 35.1 Å². The monoisotopic (exact) mass is 483 g/mol. The molecule has 0 fully saturated rings. The predicted octanol–water partition coefficient (Wildman–Crippen LogP) is 4.71. The average molecular weight is 483 g/mol. The van der Waals surface area contributed by atoms with Crippen molar-refractivity contribution in [1.29, 1.82) is 0 Å². The Balaban J connectivity index is 1.61. The molecule has 0 aliphatic carbocycles. The molecule has 0 saturated carbocycles. The van der Waals surface area contributed by atoms with Gasteiger partial charge in [-0.1, -0.05) is 12.1 Å². The van der Waals surface area contributed by atoms with Crippen molar-refractivity contribution in [2.45, 2.75) is 17.6 Å². The van der Waals surface area contributed by atoms with Crippen molar-refractivity contribution in [2.75, 3.05) is 0 Å². The molecular weight excluding hydrogens is 467 g/mol. The van der Waals surface area contributed by atoms with E-state index in [1.54, 1.807) is 6.20 Å². The van der Waals surface area contributed by atoms with Crippen LogP contribution in [0.2, 0.25) is 0 Å². The molecule has 11 heteroatoms. The topological polar surface area (TPSA) is 104 Å². The maximum atomic E-state index is 15.4. The molecule has 34 heavy (non-hydrogen) atoms. The van der Waals surface area contributed by atoms with E-state index < -0.39 is 38.6 Å². The van der Waals surface area contributed by atoms with Crippen molar-refractivity contribution in [3.63, 3.8) is 0 Å². The summed E-state index contributed by atoms with van der Waals surface area (Å²) in [5.41, 5.74) is -0.802. The van der Waals surface area contributed by atoms with Crippen LogP contribution in [0.4, 0.5) is 13.2 Å². The van der Waals surface area contributed by atoms with Crippen molar-refractivity contribution in [3.05, 3.63) is 83.7 Å². The Morgan fingerprint density at radius 1 is 0.971 bits per heavy atom. The maximum Gasteiger partial charge on any atom is 0.184 e. The number of halogens is 3. The van der Waals surface area contributed by atoms with Crippen LogP contribution < -0.4 is 0 Å². The third-order valence-corrected chi connectivity index (χ3v) is 7.27. The second-order valence-corrected chi connectivity index (χ2v) is 9.56. The number of sulfone groups is 1. The Kier molecular flexibility index (Phi) is 5.20. The first kappa shape index (κ1) is 21.8. The smallest absolute Gasteiger partial charge is 0.184 e. The third kappa shape index (κ3) is 3.54. The number of hydrogen-bond acceptors (Lipinski definition) is 5. The second kappa shape index (κ2) is 8.10. The second-order valence-electron chi connectivity index (χ2n) is 7.60. The summed E-state index contributed by atoms with van der Waals surface area (Å²) in [5.74, 6) is -3.47. The lowest BCUT2D eigenvalue weighted by molar-refractivity contribution is 0.570. The van der Waals surface area contributed by atoms with Crippen LogP contribution in [0.3, 0.4) is 0 Å². The maximum absolute atomic E-state index is 15.4. The number of hydrogen-bond donors (Lipinski definition) is 2. The Bertz CT molecular complexity index is 1650. The van der Waals surface area contributed by atoms with Gasteiger partial charge in [0.15, 0.2) is 21.5 Å². The summed E-state index contributed by atoms with van der Waals surface area (Å²) in [6, 6.07) is 7.47. The van der Waals surface area contributed by atoms with E-state index in [0.717, 1.165) is 12.1 Å². The molecule has 0 aliphatic rings. The molecule has 7 nitrogen and oxygen atoms in total. The van der Waals surface area contributed by atoms with E-state index in [-0.39, 0.29) is 27.2 Å². The summed E-state index contributed by atoms with van der Waals surface area (Å²) in [5, 5.41) is 6.98. The number of imidazole rings is 1.